The van der Waals surface area contributed by atoms with Gasteiger partial charge in [-0.25, -0.2) is 19.9 Å². The fourth-order valence-corrected chi connectivity index (χ4v) is 11.8. The van der Waals surface area contributed by atoms with E-state index in [1.807, 2.05) is 0 Å². The monoisotopic (exact) mass is 917 g/mol. The Bertz CT molecular complexity index is 2140. The van der Waals surface area contributed by atoms with Crippen molar-refractivity contribution in [1.29, 1.82) is 0 Å². The van der Waals surface area contributed by atoms with Gasteiger partial charge >= 0.3 is 5.69 Å². The minimum Gasteiger partial charge on any atom is -0.345 e. The average Bonchev–Trinajstić information content (AvgIpc) is 3.26. The van der Waals surface area contributed by atoms with E-state index in [0.29, 0.717) is 60.6 Å². The number of carbonyl (C=O) groups is 2. The number of nitrogens with zero attached hydrogens (tertiary/aromatic N) is 13. The van der Waals surface area contributed by atoms with E-state index in [4.69, 9.17) is 47.6 Å². The lowest BCUT2D eigenvalue weighted by Crippen LogP contribution is -2.73. The first-order valence-corrected chi connectivity index (χ1v) is 22.8. The Morgan fingerprint density at radius 3 is 1.08 bits per heavy atom. The smallest absolute Gasteiger partial charge is 0.345 e. The highest BCUT2D eigenvalue weighted by Crippen LogP contribution is 2.37. The van der Waals surface area contributed by atoms with E-state index in [1.165, 1.54) is 6.33 Å². The maximum absolute atomic E-state index is 12.8. The maximum Gasteiger partial charge on any atom is 0.353 e. The number of carbonyl (C=O) groups excluding carboxylic acids is 2. The summed E-state index contributed by atoms with van der Waals surface area (Å²) in [6, 6.07) is 0. The number of halogens is 2. The van der Waals surface area contributed by atoms with Gasteiger partial charge in [0.15, 0.2) is 22.1 Å². The summed E-state index contributed by atoms with van der Waals surface area (Å²) in [5.41, 5.74) is 0.722. The molecule has 6 fully saturated rings. The van der Waals surface area contributed by atoms with E-state index < -0.39 is 0 Å². The zero-order chi connectivity index (χ0) is 42.6. The third-order valence-corrected chi connectivity index (χ3v) is 16.1. The van der Waals surface area contributed by atoms with Crippen molar-refractivity contribution in [3.05, 3.63) is 47.4 Å². The van der Waals surface area contributed by atoms with Crippen LogP contribution in [-0.4, -0.2) is 222 Å². The minimum atomic E-state index is -0.277. The SMILES string of the molecule is O=Cc1c(N2CC[N+]3(CC2)CC[N+]2(CCN(c4ncnc(N5CC[N+]6(CC5)CC[N+]5(CCN(c7nc(=S)[nH]c(Cl)c7C=O)CC5)CC6)c4[N+](=O)[O-])CC2)CC3)nc(=S)[nH]c1Cl. The molecule has 0 aromatic carbocycles. The number of hydrogen-bond donors (Lipinski definition) is 2. The second kappa shape index (κ2) is 16.6. The Labute approximate surface area is 374 Å². The van der Waals surface area contributed by atoms with Crippen molar-refractivity contribution in [3.8, 4) is 0 Å². The van der Waals surface area contributed by atoms with E-state index in [9.17, 15) is 19.7 Å². The van der Waals surface area contributed by atoms with Gasteiger partial charge in [-0.1, -0.05) is 23.2 Å². The van der Waals surface area contributed by atoms with Crippen LogP contribution in [0.15, 0.2) is 6.33 Å². The number of anilines is 4. The summed E-state index contributed by atoms with van der Waals surface area (Å²) in [5.74, 6) is 1.99. The van der Waals surface area contributed by atoms with Crippen molar-refractivity contribution in [1.82, 2.24) is 29.9 Å². The van der Waals surface area contributed by atoms with E-state index in [0.717, 1.165) is 161 Å². The first kappa shape index (κ1) is 42.3. The molecule has 3 aromatic rings. The van der Waals surface area contributed by atoms with Crippen molar-refractivity contribution in [2.45, 2.75) is 0 Å². The van der Waals surface area contributed by atoms with Crippen LogP contribution in [0.4, 0.5) is 29.0 Å². The Morgan fingerprint density at radius 2 is 0.820 bits per heavy atom. The Hall–Kier alpha value is -3.96. The van der Waals surface area contributed by atoms with Gasteiger partial charge in [-0.3, -0.25) is 19.7 Å². The standard InChI is InChI=1S/C38H51Cl2N15O4S2/c39-31-28(25-56)33(45-37(60)43-31)47-1-9-52(10-2-47)17-21-54(22-18-52)13-5-49(6-14-54)35-30(51(58)59)36(42-27-41-35)50-7-15-55(16-8-50)23-19-53(20-24-55)11-3-48(4-12-53)34-29(26-57)32(40)44-38(61)46-34/h25-27H,1-24H2/q+2/p+2. The summed E-state index contributed by atoms with van der Waals surface area (Å²) in [7, 11) is 0. The second-order valence-electron chi connectivity index (χ2n) is 17.9. The number of quaternary nitrogens is 4. The predicted molar refractivity (Wildman–Crippen MR) is 236 cm³/mol. The molecule has 19 nitrogen and oxygen atoms in total. The molecule has 2 N–H and O–H groups in total. The topological polar surface area (TPSA) is 173 Å². The fraction of sp³-hybridized carbons (Fsp3) is 0.632. The van der Waals surface area contributed by atoms with E-state index >= 15 is 0 Å². The second-order valence-corrected chi connectivity index (χ2v) is 19.5. The number of hydrogen-bond acceptors (Lipinski definition) is 14. The van der Waals surface area contributed by atoms with Gasteiger partial charge < -0.3 is 47.5 Å². The quantitative estimate of drug-likeness (QED) is 0.0883. The molecule has 326 valence electrons. The van der Waals surface area contributed by atoms with Gasteiger partial charge in [0.25, 0.3) is 0 Å². The lowest BCUT2D eigenvalue weighted by Gasteiger charge is -2.54. The minimum absolute atomic E-state index is 0.0208. The molecule has 0 bridgehead atoms. The van der Waals surface area contributed by atoms with Crippen molar-refractivity contribution >= 4 is 89.2 Å². The fourth-order valence-electron chi connectivity index (χ4n) is 10.9. The summed E-state index contributed by atoms with van der Waals surface area (Å²) in [6.07, 6.45) is 2.99. The van der Waals surface area contributed by atoms with Crippen molar-refractivity contribution in [2.75, 3.05) is 177 Å². The molecule has 6 saturated heterocycles. The first-order valence-electron chi connectivity index (χ1n) is 21.3. The van der Waals surface area contributed by atoms with Crippen LogP contribution in [-0.2, 0) is 0 Å². The molecule has 61 heavy (non-hydrogen) atoms. The zero-order valence-corrected chi connectivity index (χ0v) is 37.4. The Morgan fingerprint density at radius 1 is 0.541 bits per heavy atom. The van der Waals surface area contributed by atoms with Gasteiger partial charge in [0.05, 0.1) is 121 Å². The molecule has 23 heteroatoms. The lowest BCUT2D eigenvalue weighted by molar-refractivity contribution is -1.03. The van der Waals surface area contributed by atoms with Crippen molar-refractivity contribution in [2.24, 2.45) is 0 Å². The lowest BCUT2D eigenvalue weighted by atomic mass is 10.1. The molecule has 0 unspecified atom stereocenters. The van der Waals surface area contributed by atoms with Gasteiger partial charge in [0.1, 0.15) is 80.6 Å². The van der Waals surface area contributed by atoms with Crippen LogP contribution in [0.2, 0.25) is 10.3 Å². The highest BCUT2D eigenvalue weighted by Gasteiger charge is 2.48. The van der Waals surface area contributed by atoms with Crippen LogP contribution < -0.4 is 19.6 Å². The van der Waals surface area contributed by atoms with Crippen LogP contribution >= 0.6 is 47.6 Å². The highest BCUT2D eigenvalue weighted by molar-refractivity contribution is 7.71. The molecular weight excluding hydrogens is 866 g/mol. The summed E-state index contributed by atoms with van der Waals surface area (Å²) in [4.78, 5) is 68.2. The van der Waals surface area contributed by atoms with Crippen LogP contribution in [0.1, 0.15) is 20.7 Å². The van der Waals surface area contributed by atoms with E-state index in [2.05, 4.69) is 49.5 Å². The number of H-pyrrole nitrogens is 2. The highest BCUT2D eigenvalue weighted by atomic mass is 35.5. The molecule has 0 saturated carbocycles. The summed E-state index contributed by atoms with van der Waals surface area (Å²) in [6.45, 7) is 22.0. The third kappa shape index (κ3) is 8.11. The molecule has 9 rings (SSSR count). The number of aromatic amines is 2. The molecule has 3 aromatic heterocycles. The average molecular weight is 919 g/mol. The van der Waals surface area contributed by atoms with E-state index in [1.54, 1.807) is 0 Å². The number of piperazine rings is 6. The number of aldehydes is 2. The Kier molecular flexibility index (Phi) is 11.5. The summed E-state index contributed by atoms with van der Waals surface area (Å²) < 4.78 is 4.67. The normalized spacial score (nSPS) is 23.1. The molecule has 0 aliphatic carbocycles. The molecule has 6 aliphatic heterocycles. The molecule has 0 amide bonds. The first-order chi connectivity index (χ1) is 29.4. The van der Waals surface area contributed by atoms with Gasteiger partial charge in [-0.15, -0.1) is 0 Å². The molecule has 6 aliphatic rings. The summed E-state index contributed by atoms with van der Waals surface area (Å²) >= 11 is 23.1. The van der Waals surface area contributed by atoms with Crippen LogP contribution in [0, 0.1) is 19.7 Å². The van der Waals surface area contributed by atoms with Crippen LogP contribution in [0.3, 0.4) is 0 Å². The molecule has 0 atom stereocenters. The number of rotatable bonds is 7. The number of nitro groups is 1. The molecular formula is C38H53Cl2N15O4S2+4. The Balaban J connectivity index is 0.782. The zero-order valence-electron chi connectivity index (χ0n) is 34.2. The van der Waals surface area contributed by atoms with Gasteiger partial charge in [0.2, 0.25) is 11.6 Å². The van der Waals surface area contributed by atoms with E-state index in [-0.39, 0.29) is 30.5 Å². The van der Waals surface area contributed by atoms with Crippen LogP contribution in [0.25, 0.3) is 0 Å². The predicted octanol–water partition coefficient (Wildman–Crippen LogP) is 2.20. The summed E-state index contributed by atoms with van der Waals surface area (Å²) in [5, 5.41) is 13.3. The molecule has 0 radical (unpaired) electrons. The molecule has 4 spiro atoms. The van der Waals surface area contributed by atoms with Gasteiger partial charge in [-0.2, -0.15) is 0 Å². The third-order valence-electron chi connectivity index (χ3n) is 15.2. The van der Waals surface area contributed by atoms with Crippen molar-refractivity contribution in [3.63, 3.8) is 0 Å². The van der Waals surface area contributed by atoms with Crippen LogP contribution in [0.5, 0.6) is 0 Å². The number of aromatic nitrogens is 6. The number of nitrogens with one attached hydrogen (secondary N) is 2. The maximum atomic E-state index is 12.8. The van der Waals surface area contributed by atoms with Gasteiger partial charge in [-0.05, 0) is 24.4 Å². The van der Waals surface area contributed by atoms with Crippen molar-refractivity contribution < 1.29 is 32.4 Å². The van der Waals surface area contributed by atoms with Gasteiger partial charge in [0, 0.05) is 0 Å². The molecule has 9 heterocycles. The largest absolute Gasteiger partial charge is 0.353 e.